The van der Waals surface area contributed by atoms with Crippen LogP contribution < -0.4 is 21.1 Å². The van der Waals surface area contributed by atoms with Gasteiger partial charge in [-0.2, -0.15) is 0 Å². The number of nitrogen functional groups attached to an aromatic ring is 1. The van der Waals surface area contributed by atoms with Crippen LogP contribution in [0.5, 0.6) is 5.75 Å². The standard InChI is InChI=1S/C26H35N5O3/c1-3-28-26(32)29-20-8-5-7-19(17-20)25-24(27)22-10-9-21(18-23(22)31(25)4-2)34-14-6-11-30-12-15-33-16-13-30/h5,7-10,17-18H,3-4,6,11-16,27H2,1-2H3,(H2,28,29,32). The van der Waals surface area contributed by atoms with Crippen LogP contribution in [0.1, 0.15) is 20.3 Å². The van der Waals surface area contributed by atoms with Gasteiger partial charge in [0, 0.05) is 55.4 Å². The number of fused-ring (bicyclic) bond motifs is 1. The van der Waals surface area contributed by atoms with Gasteiger partial charge in [-0.15, -0.1) is 0 Å². The number of carbonyl (C=O) groups is 1. The molecule has 1 aromatic heterocycles. The van der Waals surface area contributed by atoms with Crippen LogP contribution in [-0.2, 0) is 11.3 Å². The van der Waals surface area contributed by atoms with Crippen molar-refractivity contribution in [1.29, 1.82) is 0 Å². The topological polar surface area (TPSA) is 93.8 Å². The third kappa shape index (κ3) is 5.46. The Morgan fingerprint density at radius 2 is 1.97 bits per heavy atom. The van der Waals surface area contributed by atoms with E-state index in [1.807, 2.05) is 43.3 Å². The molecule has 0 bridgehead atoms. The van der Waals surface area contributed by atoms with Gasteiger partial charge in [0.15, 0.2) is 0 Å². The Morgan fingerprint density at radius 3 is 2.74 bits per heavy atom. The number of aromatic nitrogens is 1. The minimum Gasteiger partial charge on any atom is -0.493 e. The van der Waals surface area contributed by atoms with E-state index in [0.29, 0.717) is 13.2 Å². The number of urea groups is 1. The van der Waals surface area contributed by atoms with Gasteiger partial charge in [0.05, 0.1) is 36.7 Å². The molecule has 34 heavy (non-hydrogen) atoms. The molecule has 2 amide bonds. The van der Waals surface area contributed by atoms with Crippen molar-refractivity contribution in [1.82, 2.24) is 14.8 Å². The van der Waals surface area contributed by atoms with Crippen LogP contribution in [0, 0.1) is 0 Å². The van der Waals surface area contributed by atoms with E-state index in [9.17, 15) is 4.79 Å². The molecule has 0 atom stereocenters. The summed E-state index contributed by atoms with van der Waals surface area (Å²) in [4.78, 5) is 14.4. The van der Waals surface area contributed by atoms with Crippen LogP contribution in [0.3, 0.4) is 0 Å². The molecule has 0 aliphatic carbocycles. The summed E-state index contributed by atoms with van der Waals surface area (Å²) in [6.45, 7) is 10.7. The second kappa shape index (κ2) is 11.3. The number of rotatable bonds is 9. The first-order valence-corrected chi connectivity index (χ1v) is 12.1. The molecule has 2 aromatic carbocycles. The third-order valence-corrected chi connectivity index (χ3v) is 6.11. The average Bonchev–Trinajstić information content (AvgIpc) is 3.13. The first-order chi connectivity index (χ1) is 16.6. The van der Waals surface area contributed by atoms with Crippen molar-refractivity contribution < 1.29 is 14.3 Å². The second-order valence-corrected chi connectivity index (χ2v) is 8.41. The molecule has 3 aromatic rings. The van der Waals surface area contributed by atoms with E-state index in [1.54, 1.807) is 0 Å². The van der Waals surface area contributed by atoms with E-state index in [1.165, 1.54) is 0 Å². The number of anilines is 2. The number of nitrogens with zero attached hydrogens (tertiary/aromatic N) is 2. The zero-order valence-corrected chi connectivity index (χ0v) is 20.1. The van der Waals surface area contributed by atoms with Gasteiger partial charge >= 0.3 is 6.03 Å². The van der Waals surface area contributed by atoms with Gasteiger partial charge in [0.2, 0.25) is 0 Å². The molecule has 2 heterocycles. The first-order valence-electron chi connectivity index (χ1n) is 12.1. The highest BCUT2D eigenvalue weighted by Gasteiger charge is 2.17. The molecule has 182 valence electrons. The van der Waals surface area contributed by atoms with E-state index in [4.69, 9.17) is 15.2 Å². The number of nitrogens with two attached hydrogens (primary N) is 1. The molecule has 0 radical (unpaired) electrons. The number of morpholine rings is 1. The Balaban J connectivity index is 1.52. The van der Waals surface area contributed by atoms with Crippen molar-refractivity contribution in [2.24, 2.45) is 0 Å². The summed E-state index contributed by atoms with van der Waals surface area (Å²) in [5.41, 5.74) is 11.0. The van der Waals surface area contributed by atoms with Gasteiger partial charge in [-0.25, -0.2) is 4.79 Å². The van der Waals surface area contributed by atoms with Gasteiger partial charge in [-0.1, -0.05) is 12.1 Å². The first kappa shape index (κ1) is 23.9. The predicted molar refractivity (Wildman–Crippen MR) is 138 cm³/mol. The molecule has 0 saturated carbocycles. The molecule has 1 aliphatic rings. The zero-order valence-electron chi connectivity index (χ0n) is 20.1. The molecule has 4 rings (SSSR count). The average molecular weight is 466 g/mol. The minimum atomic E-state index is -0.223. The lowest BCUT2D eigenvalue weighted by atomic mass is 10.1. The summed E-state index contributed by atoms with van der Waals surface area (Å²) < 4.78 is 13.7. The summed E-state index contributed by atoms with van der Waals surface area (Å²) in [6, 6.07) is 13.6. The SMILES string of the molecule is CCNC(=O)Nc1cccc(-c2c(N)c3ccc(OCCCN4CCOCC4)cc3n2CC)c1. The predicted octanol–water partition coefficient (Wildman–Crippen LogP) is 4.15. The Labute approximate surface area is 201 Å². The number of aryl methyl sites for hydroxylation is 1. The molecule has 0 unspecified atom stereocenters. The minimum absolute atomic E-state index is 0.223. The monoisotopic (exact) mass is 465 g/mol. The number of ether oxygens (including phenoxy) is 2. The van der Waals surface area contributed by atoms with Crippen molar-refractivity contribution in [2.75, 3.05) is 57.1 Å². The zero-order chi connectivity index (χ0) is 23.9. The van der Waals surface area contributed by atoms with Crippen LogP contribution in [-0.4, -0.2) is 61.5 Å². The fraction of sp³-hybridized carbons (Fsp3) is 0.423. The fourth-order valence-corrected chi connectivity index (χ4v) is 4.47. The van der Waals surface area contributed by atoms with Crippen molar-refractivity contribution in [3.63, 3.8) is 0 Å². The lowest BCUT2D eigenvalue weighted by molar-refractivity contribution is 0.0358. The third-order valence-electron chi connectivity index (χ3n) is 6.11. The highest BCUT2D eigenvalue weighted by atomic mass is 16.5. The number of carbonyl (C=O) groups excluding carboxylic acids is 1. The maximum atomic E-state index is 12.0. The van der Waals surface area contributed by atoms with Gasteiger partial charge in [0.1, 0.15) is 5.75 Å². The van der Waals surface area contributed by atoms with E-state index in [0.717, 1.165) is 85.1 Å². The van der Waals surface area contributed by atoms with Gasteiger partial charge in [-0.05, 0) is 44.5 Å². The molecule has 1 saturated heterocycles. The number of amides is 2. The fourth-order valence-electron chi connectivity index (χ4n) is 4.47. The summed E-state index contributed by atoms with van der Waals surface area (Å²) in [5.74, 6) is 0.847. The Kier molecular flexibility index (Phi) is 7.92. The van der Waals surface area contributed by atoms with E-state index >= 15 is 0 Å². The summed E-state index contributed by atoms with van der Waals surface area (Å²) >= 11 is 0. The lowest BCUT2D eigenvalue weighted by Gasteiger charge is -2.26. The molecule has 1 aliphatic heterocycles. The maximum absolute atomic E-state index is 12.0. The number of nitrogens with one attached hydrogen (secondary N) is 2. The molecular formula is C26H35N5O3. The van der Waals surface area contributed by atoms with Crippen LogP contribution in [0.25, 0.3) is 22.2 Å². The van der Waals surface area contributed by atoms with Crippen molar-refractivity contribution in [3.05, 3.63) is 42.5 Å². The smallest absolute Gasteiger partial charge is 0.319 e. The van der Waals surface area contributed by atoms with Crippen molar-refractivity contribution in [2.45, 2.75) is 26.8 Å². The van der Waals surface area contributed by atoms with Crippen molar-refractivity contribution >= 4 is 28.3 Å². The van der Waals surface area contributed by atoms with Gasteiger partial charge in [0.25, 0.3) is 0 Å². The van der Waals surface area contributed by atoms with E-state index < -0.39 is 0 Å². The van der Waals surface area contributed by atoms with E-state index in [-0.39, 0.29) is 6.03 Å². The van der Waals surface area contributed by atoms with Crippen LogP contribution >= 0.6 is 0 Å². The molecule has 4 N–H and O–H groups in total. The van der Waals surface area contributed by atoms with Crippen LogP contribution in [0.4, 0.5) is 16.2 Å². The summed E-state index contributed by atoms with van der Waals surface area (Å²) in [5, 5.41) is 6.63. The van der Waals surface area contributed by atoms with Crippen LogP contribution in [0.15, 0.2) is 42.5 Å². The number of benzene rings is 2. The Morgan fingerprint density at radius 1 is 1.15 bits per heavy atom. The van der Waals surface area contributed by atoms with Gasteiger partial charge < -0.3 is 30.4 Å². The molecule has 0 spiro atoms. The van der Waals surface area contributed by atoms with E-state index in [2.05, 4.69) is 33.1 Å². The highest BCUT2D eigenvalue weighted by Crippen LogP contribution is 2.38. The number of hydrogen-bond donors (Lipinski definition) is 3. The van der Waals surface area contributed by atoms with Crippen LogP contribution in [0.2, 0.25) is 0 Å². The molecule has 1 fully saturated rings. The summed E-state index contributed by atoms with van der Waals surface area (Å²) in [7, 11) is 0. The summed E-state index contributed by atoms with van der Waals surface area (Å²) in [6.07, 6.45) is 0.978. The molecule has 8 heteroatoms. The molecular weight excluding hydrogens is 430 g/mol. The highest BCUT2D eigenvalue weighted by molar-refractivity contribution is 6.02. The Hall–Kier alpha value is -3.23. The normalized spacial score (nSPS) is 14.3. The number of hydrogen-bond acceptors (Lipinski definition) is 5. The largest absolute Gasteiger partial charge is 0.493 e. The maximum Gasteiger partial charge on any atom is 0.319 e. The van der Waals surface area contributed by atoms with Crippen molar-refractivity contribution in [3.8, 4) is 17.0 Å². The lowest BCUT2D eigenvalue weighted by Crippen LogP contribution is -2.37. The second-order valence-electron chi connectivity index (χ2n) is 8.41. The van der Waals surface area contributed by atoms with Gasteiger partial charge in [-0.3, -0.25) is 4.90 Å². The quantitative estimate of drug-likeness (QED) is 0.413. The Bertz CT molecular complexity index is 1120. The molecule has 8 nitrogen and oxygen atoms in total.